The first-order valence-electron chi connectivity index (χ1n) is 6.14. The predicted molar refractivity (Wildman–Crippen MR) is 69.4 cm³/mol. The first-order valence-corrected chi connectivity index (χ1v) is 6.14. The molecule has 0 fully saturated rings. The van der Waals surface area contributed by atoms with Gasteiger partial charge in [0.2, 0.25) is 0 Å². The molecule has 0 N–H and O–H groups in total. The van der Waals surface area contributed by atoms with E-state index in [-0.39, 0.29) is 5.78 Å². The van der Waals surface area contributed by atoms with Gasteiger partial charge in [-0.15, -0.1) is 0 Å². The van der Waals surface area contributed by atoms with Crippen LogP contribution in [0.2, 0.25) is 0 Å². The van der Waals surface area contributed by atoms with Gasteiger partial charge in [-0.25, -0.2) is 0 Å². The minimum absolute atomic E-state index is 0.106. The van der Waals surface area contributed by atoms with E-state index in [4.69, 9.17) is 4.42 Å². The lowest BCUT2D eigenvalue weighted by Gasteiger charge is -2.04. The van der Waals surface area contributed by atoms with Gasteiger partial charge in [0.25, 0.3) is 0 Å². The Morgan fingerprint density at radius 1 is 1.41 bits per heavy atom. The fraction of sp³-hybridized carbons (Fsp3) is 0.400. The lowest BCUT2D eigenvalue weighted by atomic mass is 10.0. The second-order valence-corrected chi connectivity index (χ2v) is 4.74. The van der Waals surface area contributed by atoms with Crippen molar-refractivity contribution in [2.24, 2.45) is 5.92 Å². The van der Waals surface area contributed by atoms with Crippen LogP contribution in [0.5, 0.6) is 0 Å². The van der Waals surface area contributed by atoms with E-state index in [1.165, 1.54) is 0 Å². The minimum Gasteiger partial charge on any atom is -0.453 e. The zero-order valence-electron chi connectivity index (χ0n) is 10.6. The van der Waals surface area contributed by atoms with Gasteiger partial charge >= 0.3 is 0 Å². The third-order valence-electron chi connectivity index (χ3n) is 3.25. The topological polar surface area (TPSA) is 30.2 Å². The van der Waals surface area contributed by atoms with Gasteiger partial charge in [-0.3, -0.25) is 4.79 Å². The SMILES string of the molecule is CCC(C)CC(=O)c1cc2cccc(C)c2o1. The van der Waals surface area contributed by atoms with E-state index < -0.39 is 0 Å². The van der Waals surface area contributed by atoms with Gasteiger partial charge in [-0.2, -0.15) is 0 Å². The number of aryl methyl sites for hydroxylation is 1. The number of carbonyl (C=O) groups is 1. The van der Waals surface area contributed by atoms with Gasteiger partial charge in [0, 0.05) is 11.8 Å². The van der Waals surface area contributed by atoms with E-state index in [9.17, 15) is 4.79 Å². The number of rotatable bonds is 4. The van der Waals surface area contributed by atoms with Crippen LogP contribution in [0.25, 0.3) is 11.0 Å². The highest BCUT2D eigenvalue weighted by Crippen LogP contribution is 2.24. The Balaban J connectivity index is 2.30. The maximum Gasteiger partial charge on any atom is 0.198 e. The van der Waals surface area contributed by atoms with Crippen molar-refractivity contribution in [1.29, 1.82) is 0 Å². The third-order valence-corrected chi connectivity index (χ3v) is 3.25. The van der Waals surface area contributed by atoms with Crippen molar-refractivity contribution in [1.82, 2.24) is 0 Å². The highest BCUT2D eigenvalue weighted by molar-refractivity contribution is 5.98. The van der Waals surface area contributed by atoms with E-state index >= 15 is 0 Å². The predicted octanol–water partition coefficient (Wildman–Crippen LogP) is 4.36. The van der Waals surface area contributed by atoms with Crippen LogP contribution in [-0.4, -0.2) is 5.78 Å². The van der Waals surface area contributed by atoms with Crippen LogP contribution in [0.15, 0.2) is 28.7 Å². The number of hydrogen-bond acceptors (Lipinski definition) is 2. The molecular weight excluding hydrogens is 212 g/mol. The van der Waals surface area contributed by atoms with Gasteiger partial charge in [-0.1, -0.05) is 38.5 Å². The quantitative estimate of drug-likeness (QED) is 0.730. The Bertz CT molecular complexity index is 537. The summed E-state index contributed by atoms with van der Waals surface area (Å²) in [5.41, 5.74) is 1.91. The number of hydrogen-bond donors (Lipinski definition) is 0. The normalized spacial score (nSPS) is 12.9. The van der Waals surface area contributed by atoms with Gasteiger partial charge in [0.15, 0.2) is 11.5 Å². The standard InChI is InChI=1S/C15H18O2/c1-4-10(2)8-13(16)14-9-12-7-5-6-11(3)15(12)17-14/h5-7,9-10H,4,8H2,1-3H3. The first-order chi connectivity index (χ1) is 8.11. The molecular formula is C15H18O2. The summed E-state index contributed by atoms with van der Waals surface area (Å²) in [5.74, 6) is 1.02. The molecule has 1 aromatic heterocycles. The van der Waals surface area contributed by atoms with Crippen LogP contribution in [-0.2, 0) is 0 Å². The van der Waals surface area contributed by atoms with Crippen molar-refractivity contribution < 1.29 is 9.21 Å². The molecule has 0 saturated carbocycles. The van der Waals surface area contributed by atoms with Crippen molar-refractivity contribution in [2.45, 2.75) is 33.6 Å². The molecule has 0 amide bonds. The zero-order valence-corrected chi connectivity index (χ0v) is 10.6. The molecule has 90 valence electrons. The first kappa shape index (κ1) is 11.9. The van der Waals surface area contributed by atoms with Gasteiger partial charge in [0.1, 0.15) is 5.58 Å². The smallest absolute Gasteiger partial charge is 0.198 e. The molecule has 2 nitrogen and oxygen atoms in total. The molecule has 0 aliphatic heterocycles. The summed E-state index contributed by atoms with van der Waals surface area (Å²) in [6.07, 6.45) is 1.58. The Morgan fingerprint density at radius 2 is 2.18 bits per heavy atom. The van der Waals surface area contributed by atoms with E-state index in [1.807, 2.05) is 31.2 Å². The maximum atomic E-state index is 12.0. The van der Waals surface area contributed by atoms with Crippen molar-refractivity contribution in [3.8, 4) is 0 Å². The van der Waals surface area contributed by atoms with E-state index in [1.54, 1.807) is 0 Å². The average molecular weight is 230 g/mol. The summed E-state index contributed by atoms with van der Waals surface area (Å²) in [5, 5.41) is 1.01. The van der Waals surface area contributed by atoms with Crippen molar-refractivity contribution in [3.05, 3.63) is 35.6 Å². The number of carbonyl (C=O) groups excluding carboxylic acids is 1. The molecule has 0 aliphatic carbocycles. The Labute approximate surface area is 102 Å². The second-order valence-electron chi connectivity index (χ2n) is 4.74. The van der Waals surface area contributed by atoms with Crippen molar-refractivity contribution >= 4 is 16.8 Å². The summed E-state index contributed by atoms with van der Waals surface area (Å²) in [4.78, 5) is 12.0. The number of fused-ring (bicyclic) bond motifs is 1. The van der Waals surface area contributed by atoms with Crippen LogP contribution in [0.3, 0.4) is 0 Å². The number of furan rings is 1. The molecule has 0 saturated heterocycles. The molecule has 0 aliphatic rings. The lowest BCUT2D eigenvalue weighted by Crippen LogP contribution is -2.03. The molecule has 2 rings (SSSR count). The van der Waals surface area contributed by atoms with E-state index in [2.05, 4.69) is 13.8 Å². The average Bonchev–Trinajstić information content (AvgIpc) is 2.74. The molecule has 1 heterocycles. The number of benzene rings is 1. The molecule has 2 heteroatoms. The summed E-state index contributed by atoms with van der Waals surface area (Å²) in [7, 11) is 0. The highest BCUT2D eigenvalue weighted by Gasteiger charge is 2.15. The molecule has 0 bridgehead atoms. The highest BCUT2D eigenvalue weighted by atomic mass is 16.3. The Hall–Kier alpha value is -1.57. The molecule has 1 atom stereocenters. The molecule has 0 radical (unpaired) electrons. The molecule has 2 aromatic rings. The summed E-state index contributed by atoms with van der Waals surface area (Å²) >= 11 is 0. The number of ketones is 1. The molecule has 1 unspecified atom stereocenters. The second kappa shape index (κ2) is 4.74. The molecule has 0 spiro atoms. The van der Waals surface area contributed by atoms with Crippen LogP contribution in [0.4, 0.5) is 0 Å². The largest absolute Gasteiger partial charge is 0.453 e. The van der Waals surface area contributed by atoms with Crippen LogP contribution < -0.4 is 0 Å². The maximum absolute atomic E-state index is 12.0. The van der Waals surface area contributed by atoms with Gasteiger partial charge in [0.05, 0.1) is 0 Å². The van der Waals surface area contributed by atoms with Crippen molar-refractivity contribution in [3.63, 3.8) is 0 Å². The third kappa shape index (κ3) is 2.41. The number of para-hydroxylation sites is 1. The molecule has 17 heavy (non-hydrogen) atoms. The fourth-order valence-electron chi connectivity index (χ4n) is 1.91. The summed E-state index contributed by atoms with van der Waals surface area (Å²) in [6, 6.07) is 7.81. The van der Waals surface area contributed by atoms with E-state index in [0.29, 0.717) is 18.1 Å². The zero-order chi connectivity index (χ0) is 12.4. The lowest BCUT2D eigenvalue weighted by molar-refractivity contribution is 0.0938. The Morgan fingerprint density at radius 3 is 2.82 bits per heavy atom. The minimum atomic E-state index is 0.106. The van der Waals surface area contributed by atoms with E-state index in [0.717, 1.165) is 23.0 Å². The van der Waals surface area contributed by atoms with Crippen molar-refractivity contribution in [2.75, 3.05) is 0 Å². The fourth-order valence-corrected chi connectivity index (χ4v) is 1.91. The number of Topliss-reactive ketones (excluding diaryl/α,β-unsaturated/α-hetero) is 1. The monoisotopic (exact) mass is 230 g/mol. The molecule has 1 aromatic carbocycles. The van der Waals surface area contributed by atoms with Crippen LogP contribution in [0, 0.1) is 12.8 Å². The summed E-state index contributed by atoms with van der Waals surface area (Å²) in [6.45, 7) is 6.18. The van der Waals surface area contributed by atoms with Gasteiger partial charge < -0.3 is 4.42 Å². The van der Waals surface area contributed by atoms with Gasteiger partial charge in [-0.05, 0) is 24.5 Å². The van der Waals surface area contributed by atoms with Crippen LogP contribution >= 0.6 is 0 Å². The Kier molecular flexibility index (Phi) is 3.32. The van der Waals surface area contributed by atoms with Crippen LogP contribution in [0.1, 0.15) is 42.8 Å². The summed E-state index contributed by atoms with van der Waals surface area (Å²) < 4.78 is 5.66.